The molecule has 1 atom stereocenters. The van der Waals surface area contributed by atoms with E-state index >= 15 is 0 Å². The molecule has 0 saturated carbocycles. The predicted molar refractivity (Wildman–Crippen MR) is 97.0 cm³/mol. The Balaban J connectivity index is 1.50. The Morgan fingerprint density at radius 3 is 2.75 bits per heavy atom. The van der Waals surface area contributed by atoms with E-state index in [2.05, 4.69) is 29.8 Å². The number of hydrogen-bond donors (Lipinski definition) is 0. The number of rotatable bonds is 5. The third-order valence-corrected chi connectivity index (χ3v) is 6.56. The Morgan fingerprint density at radius 2 is 2.08 bits per heavy atom. The Kier molecular flexibility index (Phi) is 5.98. The highest BCUT2D eigenvalue weighted by atomic mass is 16.5. The van der Waals surface area contributed by atoms with Crippen LogP contribution in [0.1, 0.15) is 64.7 Å². The zero-order valence-electron chi connectivity index (χ0n) is 15.6. The quantitative estimate of drug-likeness (QED) is 0.723. The first kappa shape index (κ1) is 17.9. The number of piperidine rings is 1. The molecular weight excluding hydrogens is 300 g/mol. The second kappa shape index (κ2) is 8.01. The van der Waals surface area contributed by atoms with Crippen molar-refractivity contribution in [3.8, 4) is 0 Å². The van der Waals surface area contributed by atoms with Gasteiger partial charge in [0.05, 0.1) is 6.61 Å². The fourth-order valence-corrected chi connectivity index (χ4v) is 4.79. The molecule has 4 heteroatoms. The van der Waals surface area contributed by atoms with Crippen molar-refractivity contribution in [2.75, 3.05) is 33.4 Å². The SMILES string of the molecule is CCOCC1CCC2(CCN(C(=O)CC3=CCCCC3)CC2)N1C. The average Bonchev–Trinajstić information content (AvgIpc) is 2.91. The second-order valence-corrected chi connectivity index (χ2v) is 7.85. The first-order valence-electron chi connectivity index (χ1n) is 9.91. The number of carbonyl (C=O) groups excluding carboxylic acids is 1. The summed E-state index contributed by atoms with van der Waals surface area (Å²) in [6, 6.07) is 0.555. The van der Waals surface area contributed by atoms with Gasteiger partial charge in [-0.15, -0.1) is 0 Å². The van der Waals surface area contributed by atoms with Crippen LogP contribution in [0.3, 0.4) is 0 Å². The highest BCUT2D eigenvalue weighted by Crippen LogP contribution is 2.40. The molecule has 1 unspecified atom stereocenters. The summed E-state index contributed by atoms with van der Waals surface area (Å²) in [6.45, 7) is 5.58. The molecule has 3 aliphatic rings. The van der Waals surface area contributed by atoms with Crippen LogP contribution in [-0.2, 0) is 9.53 Å². The molecule has 2 saturated heterocycles. The molecule has 1 amide bonds. The lowest BCUT2D eigenvalue weighted by atomic mass is 9.85. The number of likely N-dealkylation sites (N-methyl/N-ethyl adjacent to an activating group) is 1. The molecule has 0 aromatic carbocycles. The van der Waals surface area contributed by atoms with E-state index in [4.69, 9.17) is 4.74 Å². The van der Waals surface area contributed by atoms with Crippen LogP contribution in [0.2, 0.25) is 0 Å². The molecule has 24 heavy (non-hydrogen) atoms. The summed E-state index contributed by atoms with van der Waals surface area (Å²) >= 11 is 0. The minimum absolute atomic E-state index is 0.308. The molecular formula is C20H34N2O2. The summed E-state index contributed by atoms with van der Waals surface area (Å²) in [7, 11) is 2.26. The zero-order valence-corrected chi connectivity index (χ0v) is 15.6. The lowest BCUT2D eigenvalue weighted by Crippen LogP contribution is -2.54. The lowest BCUT2D eigenvalue weighted by molar-refractivity contribution is -0.133. The van der Waals surface area contributed by atoms with Crippen LogP contribution in [0, 0.1) is 0 Å². The van der Waals surface area contributed by atoms with Gasteiger partial charge in [0, 0.05) is 37.7 Å². The minimum atomic E-state index is 0.308. The van der Waals surface area contributed by atoms with Gasteiger partial charge in [-0.05, 0) is 65.3 Å². The van der Waals surface area contributed by atoms with Crippen molar-refractivity contribution in [1.82, 2.24) is 9.80 Å². The minimum Gasteiger partial charge on any atom is -0.380 e. The van der Waals surface area contributed by atoms with E-state index in [9.17, 15) is 4.79 Å². The fraction of sp³-hybridized carbons (Fsp3) is 0.850. The second-order valence-electron chi connectivity index (χ2n) is 7.85. The van der Waals surface area contributed by atoms with Gasteiger partial charge in [-0.1, -0.05) is 11.6 Å². The van der Waals surface area contributed by atoms with Crippen molar-refractivity contribution in [2.24, 2.45) is 0 Å². The number of nitrogens with zero attached hydrogens (tertiary/aromatic N) is 2. The topological polar surface area (TPSA) is 32.8 Å². The molecule has 1 aliphatic carbocycles. The van der Waals surface area contributed by atoms with E-state index in [1.165, 1.54) is 31.3 Å². The van der Waals surface area contributed by atoms with Gasteiger partial charge >= 0.3 is 0 Å². The molecule has 2 aliphatic heterocycles. The van der Waals surface area contributed by atoms with E-state index < -0.39 is 0 Å². The zero-order chi connectivity index (χ0) is 17.0. The van der Waals surface area contributed by atoms with E-state index in [1.54, 1.807) is 0 Å². The van der Waals surface area contributed by atoms with Crippen LogP contribution < -0.4 is 0 Å². The standard InChI is InChI=1S/C20H34N2O2/c1-3-24-16-18-9-10-20(21(18)2)11-13-22(14-12-20)19(23)15-17-7-5-4-6-8-17/h7,18H,3-6,8-16H2,1-2H3. The van der Waals surface area contributed by atoms with Crippen LogP contribution in [0.5, 0.6) is 0 Å². The molecule has 2 heterocycles. The number of amides is 1. The van der Waals surface area contributed by atoms with Crippen LogP contribution in [0.15, 0.2) is 11.6 Å². The van der Waals surface area contributed by atoms with Crippen LogP contribution in [-0.4, -0.2) is 60.6 Å². The molecule has 0 N–H and O–H groups in total. The van der Waals surface area contributed by atoms with Gasteiger partial charge < -0.3 is 9.64 Å². The van der Waals surface area contributed by atoms with Crippen molar-refractivity contribution >= 4 is 5.91 Å². The third kappa shape index (κ3) is 3.85. The van der Waals surface area contributed by atoms with Crippen molar-refractivity contribution in [3.63, 3.8) is 0 Å². The normalized spacial score (nSPS) is 27.5. The number of carbonyl (C=O) groups is 1. The molecule has 2 fully saturated rings. The monoisotopic (exact) mass is 334 g/mol. The van der Waals surface area contributed by atoms with Crippen molar-refractivity contribution in [2.45, 2.75) is 76.3 Å². The van der Waals surface area contributed by atoms with E-state index in [-0.39, 0.29) is 0 Å². The third-order valence-electron chi connectivity index (χ3n) is 6.56. The number of hydrogen-bond acceptors (Lipinski definition) is 3. The molecule has 0 aromatic heterocycles. The Morgan fingerprint density at radius 1 is 1.29 bits per heavy atom. The highest BCUT2D eigenvalue weighted by Gasteiger charge is 2.46. The largest absolute Gasteiger partial charge is 0.380 e. The Labute approximate surface area is 147 Å². The maximum Gasteiger partial charge on any atom is 0.226 e. The Bertz CT molecular complexity index is 466. The lowest BCUT2D eigenvalue weighted by Gasteiger charge is -2.45. The average molecular weight is 335 g/mol. The first-order valence-corrected chi connectivity index (χ1v) is 9.91. The Hall–Kier alpha value is -0.870. The molecule has 3 rings (SSSR count). The molecule has 0 aromatic rings. The summed E-state index contributed by atoms with van der Waals surface area (Å²) in [5.74, 6) is 0.351. The van der Waals surface area contributed by atoms with Gasteiger partial charge in [0.15, 0.2) is 0 Å². The van der Waals surface area contributed by atoms with Crippen molar-refractivity contribution in [3.05, 3.63) is 11.6 Å². The molecule has 136 valence electrons. The van der Waals surface area contributed by atoms with Gasteiger partial charge in [-0.2, -0.15) is 0 Å². The van der Waals surface area contributed by atoms with Crippen LogP contribution in [0.4, 0.5) is 0 Å². The van der Waals surface area contributed by atoms with E-state index in [1.807, 2.05) is 0 Å². The van der Waals surface area contributed by atoms with Gasteiger partial charge in [-0.25, -0.2) is 0 Å². The van der Waals surface area contributed by atoms with Gasteiger partial charge in [0.1, 0.15) is 0 Å². The summed E-state index contributed by atoms with van der Waals surface area (Å²) in [6.07, 6.45) is 12.5. The van der Waals surface area contributed by atoms with Crippen molar-refractivity contribution in [1.29, 1.82) is 0 Å². The molecule has 1 spiro atoms. The predicted octanol–water partition coefficient (Wildman–Crippen LogP) is 3.37. The summed E-state index contributed by atoms with van der Waals surface area (Å²) < 4.78 is 5.65. The van der Waals surface area contributed by atoms with Gasteiger partial charge in [0.2, 0.25) is 5.91 Å². The first-order chi connectivity index (χ1) is 11.6. The summed E-state index contributed by atoms with van der Waals surface area (Å²) in [5.41, 5.74) is 1.68. The van der Waals surface area contributed by atoms with E-state index in [0.717, 1.165) is 52.0 Å². The fourth-order valence-electron chi connectivity index (χ4n) is 4.79. The maximum atomic E-state index is 12.6. The molecule has 0 radical (unpaired) electrons. The highest BCUT2D eigenvalue weighted by molar-refractivity contribution is 5.78. The molecule has 0 bridgehead atoms. The van der Waals surface area contributed by atoms with Crippen LogP contribution in [0.25, 0.3) is 0 Å². The van der Waals surface area contributed by atoms with Crippen LogP contribution >= 0.6 is 0 Å². The summed E-state index contributed by atoms with van der Waals surface area (Å²) in [5, 5.41) is 0. The smallest absolute Gasteiger partial charge is 0.226 e. The van der Waals surface area contributed by atoms with Gasteiger partial charge in [0.25, 0.3) is 0 Å². The van der Waals surface area contributed by atoms with Gasteiger partial charge in [-0.3, -0.25) is 9.69 Å². The maximum absolute atomic E-state index is 12.6. The van der Waals surface area contributed by atoms with Crippen molar-refractivity contribution < 1.29 is 9.53 Å². The summed E-state index contributed by atoms with van der Waals surface area (Å²) in [4.78, 5) is 17.3. The molecule has 4 nitrogen and oxygen atoms in total. The number of likely N-dealkylation sites (tertiary alicyclic amines) is 2. The number of ether oxygens (including phenoxy) is 1. The van der Waals surface area contributed by atoms with E-state index in [0.29, 0.717) is 23.9 Å². The number of allylic oxidation sites excluding steroid dienone is 1.